The first-order valence-corrected chi connectivity index (χ1v) is 2.58. The molecule has 0 saturated carbocycles. The van der Waals surface area contributed by atoms with Gasteiger partial charge in [-0.3, -0.25) is 10.1 Å². The quantitative estimate of drug-likeness (QED) is 0.509. The molecule has 0 bridgehead atoms. The van der Waals surface area contributed by atoms with Crippen LogP contribution in [0.5, 0.6) is 0 Å². The summed E-state index contributed by atoms with van der Waals surface area (Å²) in [4.78, 5) is 19.4. The molecule has 7 heteroatoms. The summed E-state index contributed by atoms with van der Waals surface area (Å²) in [6, 6.07) is 0.990. The Bertz CT molecular complexity index is 276. The van der Waals surface area contributed by atoms with Crippen molar-refractivity contribution in [2.24, 2.45) is 0 Å². The fourth-order valence-electron chi connectivity index (χ4n) is 0.606. The highest BCUT2D eigenvalue weighted by molar-refractivity contribution is 5.88. The smallest absolute Gasteiger partial charge is 0.379 e. The van der Waals surface area contributed by atoms with Crippen molar-refractivity contribution in [1.29, 1.82) is 0 Å². The number of carboxylic acids is 1. The van der Waals surface area contributed by atoms with Gasteiger partial charge in [-0.25, -0.2) is 4.79 Å². The summed E-state index contributed by atoms with van der Waals surface area (Å²) < 4.78 is 4.35. The van der Waals surface area contributed by atoms with Gasteiger partial charge in [0.1, 0.15) is 0 Å². The lowest BCUT2D eigenvalue weighted by Crippen LogP contribution is -1.98. The van der Waals surface area contributed by atoms with Gasteiger partial charge in [0.15, 0.2) is 0 Å². The molecule has 7 nitrogen and oxygen atoms in total. The molecule has 1 aromatic rings. The standard InChI is InChI=1S/C5H3NO5.H3N/c7-5(8)4-3(6(9)10)1-2-11-4;/h1-2H,(H,7,8);1H3. The van der Waals surface area contributed by atoms with Gasteiger partial charge in [0, 0.05) is 0 Å². The van der Waals surface area contributed by atoms with Crippen molar-refractivity contribution in [3.8, 4) is 0 Å². The molecule has 0 aliphatic rings. The maximum Gasteiger partial charge on any atom is 0.379 e. The second-order valence-corrected chi connectivity index (χ2v) is 1.70. The number of aromatic carboxylic acids is 1. The largest absolute Gasteiger partial charge is 0.475 e. The van der Waals surface area contributed by atoms with Gasteiger partial charge < -0.3 is 15.7 Å². The Morgan fingerprint density at radius 1 is 1.67 bits per heavy atom. The Morgan fingerprint density at radius 3 is 2.58 bits per heavy atom. The predicted molar refractivity (Wildman–Crippen MR) is 37.3 cm³/mol. The lowest BCUT2D eigenvalue weighted by Gasteiger charge is -1.85. The first-order valence-electron chi connectivity index (χ1n) is 2.58. The van der Waals surface area contributed by atoms with E-state index in [9.17, 15) is 14.9 Å². The van der Waals surface area contributed by atoms with Gasteiger partial charge in [-0.05, 0) is 0 Å². The zero-order chi connectivity index (χ0) is 8.43. The van der Waals surface area contributed by atoms with Crippen molar-refractivity contribution in [2.75, 3.05) is 0 Å². The van der Waals surface area contributed by atoms with E-state index in [-0.39, 0.29) is 6.15 Å². The van der Waals surface area contributed by atoms with Crippen LogP contribution in [0.1, 0.15) is 10.6 Å². The van der Waals surface area contributed by atoms with E-state index in [0.717, 1.165) is 12.3 Å². The lowest BCUT2D eigenvalue weighted by molar-refractivity contribution is -0.385. The highest BCUT2D eigenvalue weighted by Gasteiger charge is 2.22. The van der Waals surface area contributed by atoms with Gasteiger partial charge in [-0.15, -0.1) is 0 Å². The average Bonchev–Trinajstić information content (AvgIpc) is 2.32. The first-order chi connectivity index (χ1) is 5.13. The van der Waals surface area contributed by atoms with Gasteiger partial charge in [-0.1, -0.05) is 0 Å². The van der Waals surface area contributed by atoms with Crippen LogP contribution >= 0.6 is 0 Å². The summed E-state index contributed by atoms with van der Waals surface area (Å²) in [6.45, 7) is 0. The Morgan fingerprint density at radius 2 is 2.25 bits per heavy atom. The second kappa shape index (κ2) is 3.49. The fourth-order valence-corrected chi connectivity index (χ4v) is 0.606. The zero-order valence-electron chi connectivity index (χ0n) is 5.89. The van der Waals surface area contributed by atoms with E-state index < -0.39 is 22.3 Å². The lowest BCUT2D eigenvalue weighted by atomic mass is 10.4. The number of furan rings is 1. The van der Waals surface area contributed by atoms with Crippen LogP contribution in [0.25, 0.3) is 0 Å². The van der Waals surface area contributed by atoms with E-state index in [0.29, 0.717) is 0 Å². The molecule has 1 heterocycles. The molecule has 0 atom stereocenters. The van der Waals surface area contributed by atoms with E-state index in [1.807, 2.05) is 0 Å². The number of carboxylic acid groups (broad SMARTS) is 1. The van der Waals surface area contributed by atoms with Crippen LogP contribution < -0.4 is 6.15 Å². The minimum absolute atomic E-state index is 0. The zero-order valence-corrected chi connectivity index (χ0v) is 5.89. The summed E-state index contributed by atoms with van der Waals surface area (Å²) in [6.07, 6.45) is 0.960. The molecule has 0 spiro atoms. The van der Waals surface area contributed by atoms with Gasteiger partial charge in [0.05, 0.1) is 17.3 Å². The van der Waals surface area contributed by atoms with Gasteiger partial charge in [0.2, 0.25) is 0 Å². The van der Waals surface area contributed by atoms with Crippen LogP contribution in [-0.4, -0.2) is 16.0 Å². The summed E-state index contributed by atoms with van der Waals surface area (Å²) in [5.41, 5.74) is -0.530. The van der Waals surface area contributed by atoms with Crippen LogP contribution in [0.4, 0.5) is 5.69 Å². The molecular formula is C5H6N2O5. The summed E-state index contributed by atoms with van der Waals surface area (Å²) in [5, 5.41) is 18.4. The third-order valence-electron chi connectivity index (χ3n) is 1.04. The van der Waals surface area contributed by atoms with E-state index >= 15 is 0 Å². The highest BCUT2D eigenvalue weighted by Crippen LogP contribution is 2.18. The van der Waals surface area contributed by atoms with Crippen molar-refractivity contribution in [2.45, 2.75) is 0 Å². The van der Waals surface area contributed by atoms with Crippen molar-refractivity contribution in [3.63, 3.8) is 0 Å². The third kappa shape index (κ3) is 1.58. The van der Waals surface area contributed by atoms with Gasteiger partial charge in [0.25, 0.3) is 5.76 Å². The van der Waals surface area contributed by atoms with Gasteiger partial charge >= 0.3 is 11.7 Å². The molecule has 0 radical (unpaired) electrons. The van der Waals surface area contributed by atoms with Crippen molar-refractivity contribution < 1.29 is 19.2 Å². The summed E-state index contributed by atoms with van der Waals surface area (Å²) in [5.74, 6) is -2.09. The molecule has 0 fully saturated rings. The Hall–Kier alpha value is -1.89. The molecule has 0 aliphatic carbocycles. The number of hydrogen-bond acceptors (Lipinski definition) is 5. The number of nitro groups is 1. The molecule has 0 unspecified atom stereocenters. The van der Waals surface area contributed by atoms with E-state index in [1.54, 1.807) is 0 Å². The van der Waals surface area contributed by atoms with Crippen molar-refractivity contribution >= 4 is 11.7 Å². The highest BCUT2D eigenvalue weighted by atomic mass is 16.6. The van der Waals surface area contributed by atoms with Crippen LogP contribution in [0.3, 0.4) is 0 Å². The third-order valence-corrected chi connectivity index (χ3v) is 1.04. The van der Waals surface area contributed by atoms with Crippen molar-refractivity contribution in [1.82, 2.24) is 6.15 Å². The predicted octanol–water partition coefficient (Wildman–Crippen LogP) is 1.05. The van der Waals surface area contributed by atoms with Gasteiger partial charge in [-0.2, -0.15) is 0 Å². The Labute approximate surface area is 66.3 Å². The monoisotopic (exact) mass is 174 g/mol. The average molecular weight is 174 g/mol. The number of nitrogens with zero attached hydrogens (tertiary/aromatic N) is 1. The van der Waals surface area contributed by atoms with Crippen LogP contribution in [0, 0.1) is 10.1 Å². The van der Waals surface area contributed by atoms with E-state index in [1.165, 1.54) is 0 Å². The maximum absolute atomic E-state index is 10.2. The molecule has 1 rings (SSSR count). The summed E-state index contributed by atoms with van der Waals surface area (Å²) in [7, 11) is 0. The molecule has 0 aromatic carbocycles. The Balaban J connectivity index is 0.00000121. The first kappa shape index (κ1) is 10.1. The molecule has 4 N–H and O–H groups in total. The Kier molecular flexibility index (Phi) is 2.94. The summed E-state index contributed by atoms with van der Waals surface area (Å²) >= 11 is 0. The number of rotatable bonds is 2. The maximum atomic E-state index is 10.2. The number of hydrogen-bond donors (Lipinski definition) is 2. The van der Waals surface area contributed by atoms with Crippen LogP contribution in [-0.2, 0) is 0 Å². The SMILES string of the molecule is N.O=C(O)c1occc1[N+](=O)[O-]. The fraction of sp³-hybridized carbons (Fsp3) is 0. The number of carbonyl (C=O) groups is 1. The molecule has 1 aromatic heterocycles. The molecule has 0 aliphatic heterocycles. The molecule has 0 saturated heterocycles. The molecule has 12 heavy (non-hydrogen) atoms. The van der Waals surface area contributed by atoms with Crippen molar-refractivity contribution in [3.05, 3.63) is 28.2 Å². The molecule has 66 valence electrons. The van der Waals surface area contributed by atoms with Crippen LogP contribution in [0.15, 0.2) is 16.7 Å². The van der Waals surface area contributed by atoms with Crippen LogP contribution in [0.2, 0.25) is 0 Å². The van der Waals surface area contributed by atoms with E-state index in [4.69, 9.17) is 5.11 Å². The minimum Gasteiger partial charge on any atom is -0.475 e. The molecular weight excluding hydrogens is 168 g/mol. The van der Waals surface area contributed by atoms with E-state index in [2.05, 4.69) is 4.42 Å². The second-order valence-electron chi connectivity index (χ2n) is 1.70. The topological polar surface area (TPSA) is 129 Å². The normalized spacial score (nSPS) is 8.67. The minimum atomic E-state index is -1.44. The molecule has 0 amide bonds.